The van der Waals surface area contributed by atoms with Crippen molar-refractivity contribution in [2.75, 3.05) is 12.4 Å². The van der Waals surface area contributed by atoms with Crippen LogP contribution in [-0.2, 0) is 12.8 Å². The van der Waals surface area contributed by atoms with Gasteiger partial charge in [0.05, 0.1) is 18.4 Å². The Hall–Kier alpha value is -3.31. The summed E-state index contributed by atoms with van der Waals surface area (Å²) in [7, 11) is 1.69. The van der Waals surface area contributed by atoms with Gasteiger partial charge in [0.25, 0.3) is 5.91 Å². The number of aliphatic imine (C=N–C) groups is 1. The molecule has 0 aliphatic carbocycles. The fraction of sp³-hybridized carbons (Fsp3) is 0.310. The predicted molar refractivity (Wildman–Crippen MR) is 143 cm³/mol. The number of nitrogens with zero attached hydrogens (tertiary/aromatic N) is 1. The van der Waals surface area contributed by atoms with Gasteiger partial charge in [0.2, 0.25) is 0 Å². The minimum Gasteiger partial charge on any atom is -0.493 e. The summed E-state index contributed by atoms with van der Waals surface area (Å²) in [4.78, 5) is 17.9. The number of halogens is 1. The fourth-order valence-corrected chi connectivity index (χ4v) is 4.93. The van der Waals surface area contributed by atoms with Gasteiger partial charge < -0.3 is 14.8 Å². The van der Waals surface area contributed by atoms with Gasteiger partial charge >= 0.3 is 0 Å². The van der Waals surface area contributed by atoms with Gasteiger partial charge in [-0.2, -0.15) is 0 Å². The van der Waals surface area contributed by atoms with Crippen molar-refractivity contribution in [3.05, 3.63) is 88.5 Å². The minimum atomic E-state index is -0.303. The maximum atomic E-state index is 12.7. The lowest BCUT2D eigenvalue weighted by Gasteiger charge is -2.31. The highest BCUT2D eigenvalue weighted by atomic mass is 35.5. The van der Waals surface area contributed by atoms with Gasteiger partial charge in [-0.3, -0.25) is 9.79 Å². The highest BCUT2D eigenvalue weighted by molar-refractivity contribution is 6.16. The molecule has 0 saturated heterocycles. The van der Waals surface area contributed by atoms with Crippen LogP contribution in [0.5, 0.6) is 11.5 Å². The summed E-state index contributed by atoms with van der Waals surface area (Å²) >= 11 is 0. The van der Waals surface area contributed by atoms with Gasteiger partial charge in [-0.25, -0.2) is 0 Å². The second kappa shape index (κ2) is 9.04. The average Bonchev–Trinajstić information content (AvgIpc) is 3.12. The van der Waals surface area contributed by atoms with Crippen LogP contribution in [0.15, 0.2) is 65.7 Å². The number of hydrogen-bond acceptors (Lipinski definition) is 4. The van der Waals surface area contributed by atoms with Crippen LogP contribution < -0.4 is 14.8 Å². The second-order valence-electron chi connectivity index (χ2n) is 10.3. The van der Waals surface area contributed by atoms with E-state index in [0.717, 1.165) is 52.4 Å². The Balaban J connectivity index is 0.00000289. The van der Waals surface area contributed by atoms with E-state index in [1.54, 1.807) is 7.11 Å². The summed E-state index contributed by atoms with van der Waals surface area (Å²) in [6, 6.07) is 19.3. The van der Waals surface area contributed by atoms with Crippen LogP contribution in [0, 0.1) is 0 Å². The van der Waals surface area contributed by atoms with E-state index in [9.17, 15) is 4.79 Å². The zero-order valence-corrected chi connectivity index (χ0v) is 21.6. The highest BCUT2D eigenvalue weighted by Crippen LogP contribution is 2.47. The monoisotopic (exact) mass is 490 g/mol. The molecule has 2 aliphatic heterocycles. The number of fused-ring (bicyclic) bond motifs is 3. The van der Waals surface area contributed by atoms with Crippen LogP contribution in [0.3, 0.4) is 0 Å². The normalized spacial score (nSPS) is 16.7. The number of rotatable bonds is 4. The number of amides is 1. The Morgan fingerprint density at radius 3 is 2.34 bits per heavy atom. The molecular formula is C29H31ClN2O3. The Bertz CT molecular complexity index is 1300. The molecule has 0 atom stereocenters. The molecule has 3 aromatic rings. The first-order valence-corrected chi connectivity index (χ1v) is 11.6. The fourth-order valence-electron chi connectivity index (χ4n) is 4.93. The van der Waals surface area contributed by atoms with Gasteiger partial charge in [0.1, 0.15) is 5.60 Å². The number of carbonyl (C=O) groups excluding carboxylic acids is 1. The van der Waals surface area contributed by atoms with Crippen molar-refractivity contribution >= 4 is 29.7 Å². The van der Waals surface area contributed by atoms with E-state index in [1.807, 2.05) is 54.6 Å². The molecule has 2 heterocycles. The lowest BCUT2D eigenvalue weighted by molar-refractivity contribution is 0.102. The van der Waals surface area contributed by atoms with Gasteiger partial charge in [0, 0.05) is 34.4 Å². The number of ether oxygens (including phenoxy) is 2. The van der Waals surface area contributed by atoms with Crippen LogP contribution in [0.1, 0.15) is 60.3 Å². The number of hydrogen-bond donors (Lipinski definition) is 1. The van der Waals surface area contributed by atoms with E-state index in [2.05, 4.69) is 39.1 Å². The third-order valence-electron chi connectivity index (χ3n) is 6.35. The maximum absolute atomic E-state index is 12.7. The molecule has 182 valence electrons. The van der Waals surface area contributed by atoms with Crippen LogP contribution >= 0.6 is 12.4 Å². The van der Waals surface area contributed by atoms with Crippen molar-refractivity contribution in [1.29, 1.82) is 0 Å². The molecule has 0 bridgehead atoms. The Kier molecular flexibility index (Phi) is 6.41. The third-order valence-corrected chi connectivity index (χ3v) is 6.35. The first-order chi connectivity index (χ1) is 16.2. The third kappa shape index (κ3) is 4.78. The van der Waals surface area contributed by atoms with Crippen molar-refractivity contribution in [2.24, 2.45) is 4.99 Å². The first kappa shape index (κ1) is 24.8. The number of para-hydroxylation sites is 1. The van der Waals surface area contributed by atoms with Crippen molar-refractivity contribution in [2.45, 2.75) is 51.7 Å². The maximum Gasteiger partial charge on any atom is 0.255 e. The lowest BCUT2D eigenvalue weighted by atomic mass is 9.81. The molecule has 0 unspecified atom stereocenters. The van der Waals surface area contributed by atoms with Crippen LogP contribution in [0.4, 0.5) is 5.69 Å². The zero-order valence-electron chi connectivity index (χ0n) is 20.8. The van der Waals surface area contributed by atoms with E-state index in [1.165, 1.54) is 5.56 Å². The van der Waals surface area contributed by atoms with Crippen molar-refractivity contribution in [3.8, 4) is 11.5 Å². The lowest BCUT2D eigenvalue weighted by Crippen LogP contribution is -2.30. The standard InChI is InChI=1S/C29H30N2O3.ClH/c1-28(2)16-20-15-23(33-5)26-22(17-29(3,4)34-26)24(20)25(31-28)18-11-13-19(14-12-18)27(32)30-21-9-7-6-8-10-21;/h6-15H,16-17H2,1-5H3,(H,30,32);1H. The van der Waals surface area contributed by atoms with E-state index < -0.39 is 0 Å². The zero-order chi connectivity index (χ0) is 24.1. The van der Waals surface area contributed by atoms with Crippen LogP contribution in [0.2, 0.25) is 0 Å². The second-order valence-corrected chi connectivity index (χ2v) is 10.3. The van der Waals surface area contributed by atoms with E-state index in [0.29, 0.717) is 5.56 Å². The Morgan fingerprint density at radius 2 is 1.69 bits per heavy atom. The molecule has 5 rings (SSSR count). The molecule has 35 heavy (non-hydrogen) atoms. The molecule has 3 aromatic carbocycles. The Morgan fingerprint density at radius 1 is 1.00 bits per heavy atom. The SMILES string of the molecule is COc1cc2c(c3c1OC(C)(C)C3)C(c1ccc(C(=O)Nc3ccccc3)cc1)=NC(C)(C)C2.Cl. The molecule has 0 saturated carbocycles. The van der Waals surface area contributed by atoms with Crippen molar-refractivity contribution in [3.63, 3.8) is 0 Å². The van der Waals surface area contributed by atoms with Gasteiger partial charge in [-0.1, -0.05) is 30.3 Å². The van der Waals surface area contributed by atoms with Crippen molar-refractivity contribution < 1.29 is 14.3 Å². The van der Waals surface area contributed by atoms with Crippen LogP contribution in [0.25, 0.3) is 0 Å². The quantitative estimate of drug-likeness (QED) is 0.470. The van der Waals surface area contributed by atoms with E-state index >= 15 is 0 Å². The predicted octanol–water partition coefficient (Wildman–Crippen LogP) is 6.25. The van der Waals surface area contributed by atoms with Gasteiger partial charge in [-0.15, -0.1) is 12.4 Å². The van der Waals surface area contributed by atoms with Crippen molar-refractivity contribution in [1.82, 2.24) is 0 Å². The van der Waals surface area contributed by atoms with Gasteiger partial charge in [0.15, 0.2) is 11.5 Å². The highest BCUT2D eigenvalue weighted by Gasteiger charge is 2.39. The van der Waals surface area contributed by atoms with E-state index in [4.69, 9.17) is 14.5 Å². The molecule has 0 fully saturated rings. The molecule has 1 N–H and O–H groups in total. The molecule has 0 radical (unpaired) electrons. The molecule has 0 aromatic heterocycles. The van der Waals surface area contributed by atoms with Gasteiger partial charge in [-0.05, 0) is 70.0 Å². The topological polar surface area (TPSA) is 59.9 Å². The average molecular weight is 491 g/mol. The van der Waals surface area contributed by atoms with Crippen LogP contribution in [-0.4, -0.2) is 29.9 Å². The summed E-state index contributed by atoms with van der Waals surface area (Å²) in [5.41, 5.74) is 6.27. The number of methoxy groups -OCH3 is 1. The molecule has 5 nitrogen and oxygen atoms in total. The summed E-state index contributed by atoms with van der Waals surface area (Å²) in [5, 5.41) is 2.94. The Labute approximate surface area is 213 Å². The summed E-state index contributed by atoms with van der Waals surface area (Å²) < 4.78 is 12.0. The largest absolute Gasteiger partial charge is 0.493 e. The smallest absolute Gasteiger partial charge is 0.255 e. The molecular weight excluding hydrogens is 460 g/mol. The minimum absolute atomic E-state index is 0. The number of carbonyl (C=O) groups is 1. The summed E-state index contributed by atoms with van der Waals surface area (Å²) in [5.74, 6) is 1.46. The summed E-state index contributed by atoms with van der Waals surface area (Å²) in [6.45, 7) is 8.50. The molecule has 6 heteroatoms. The molecule has 0 spiro atoms. The number of anilines is 1. The molecule has 2 aliphatic rings. The first-order valence-electron chi connectivity index (χ1n) is 11.6. The summed E-state index contributed by atoms with van der Waals surface area (Å²) in [6.07, 6.45) is 1.62. The number of nitrogens with one attached hydrogen (secondary N) is 1. The molecule has 1 amide bonds. The van der Waals surface area contributed by atoms with E-state index in [-0.39, 0.29) is 29.5 Å². The number of benzene rings is 3.